The highest BCUT2D eigenvalue weighted by atomic mass is 35.5. The lowest BCUT2D eigenvalue weighted by Crippen LogP contribution is -2.29. The predicted molar refractivity (Wildman–Crippen MR) is 106 cm³/mol. The van der Waals surface area contributed by atoms with Crippen LogP contribution in [0.5, 0.6) is 0 Å². The van der Waals surface area contributed by atoms with Crippen molar-refractivity contribution in [3.8, 4) is 0 Å². The molecule has 9 heteroatoms. The first-order valence-corrected chi connectivity index (χ1v) is 9.55. The van der Waals surface area contributed by atoms with Crippen LogP contribution in [0.2, 0.25) is 10.0 Å². The van der Waals surface area contributed by atoms with Gasteiger partial charge in [-0.05, 0) is 38.1 Å². The summed E-state index contributed by atoms with van der Waals surface area (Å²) in [5.74, 6) is 0.717. The zero-order valence-corrected chi connectivity index (χ0v) is 16.3. The lowest BCUT2D eigenvalue weighted by molar-refractivity contribution is 0.318. The van der Waals surface area contributed by atoms with Crippen LogP contribution in [0.1, 0.15) is 24.2 Å². The third-order valence-electron chi connectivity index (χ3n) is 5.03. The van der Waals surface area contributed by atoms with Crippen molar-refractivity contribution in [2.24, 2.45) is 7.05 Å². The van der Waals surface area contributed by atoms with E-state index in [1.54, 1.807) is 25.2 Å². The van der Waals surface area contributed by atoms with Crippen LogP contribution in [0, 0.1) is 0 Å². The van der Waals surface area contributed by atoms with Crippen molar-refractivity contribution < 1.29 is 0 Å². The minimum atomic E-state index is -0.486. The molecule has 1 saturated heterocycles. The molecular weight excluding hydrogens is 389 g/mol. The van der Waals surface area contributed by atoms with Gasteiger partial charge in [0.1, 0.15) is 5.82 Å². The maximum atomic E-state index is 12.6. The van der Waals surface area contributed by atoms with E-state index >= 15 is 0 Å². The molecule has 142 valence electrons. The summed E-state index contributed by atoms with van der Waals surface area (Å²) in [6, 6.07) is 5.31. The Kier molecular flexibility index (Phi) is 4.84. The first-order chi connectivity index (χ1) is 13.0. The van der Waals surface area contributed by atoms with Gasteiger partial charge in [-0.15, -0.1) is 0 Å². The monoisotopic (exact) mass is 407 g/mol. The first kappa shape index (κ1) is 18.3. The van der Waals surface area contributed by atoms with Gasteiger partial charge in [-0.3, -0.25) is 19.2 Å². The number of hydrogen-bond acceptors (Lipinski definition) is 4. The number of rotatable bonds is 4. The van der Waals surface area contributed by atoms with Crippen LogP contribution in [0.15, 0.2) is 27.8 Å². The number of aromatic nitrogens is 4. The number of imidazole rings is 1. The zero-order chi connectivity index (χ0) is 19.1. The second-order valence-electron chi connectivity index (χ2n) is 6.79. The largest absolute Gasteiger partial charge is 0.329 e. The average Bonchev–Trinajstić information content (AvgIpc) is 3.25. The van der Waals surface area contributed by atoms with Gasteiger partial charge in [0.15, 0.2) is 11.2 Å². The number of nitrogens with zero attached hydrogens (tertiary/aromatic N) is 4. The smallest absolute Gasteiger partial charge is 0.316 e. The minimum absolute atomic E-state index is 0.305. The Hall–Kier alpha value is -2.09. The number of H-pyrrole nitrogens is 1. The molecule has 1 fully saturated rings. The Morgan fingerprint density at radius 2 is 1.78 bits per heavy atom. The SMILES string of the molecule is Cn1c(=O)[nH]c(=O)c2c1nc(CN1CCCC1)n2Cc1c(Cl)cccc1Cl. The number of aryl methyl sites for hydroxylation is 1. The lowest BCUT2D eigenvalue weighted by Gasteiger charge is -2.16. The molecule has 0 spiro atoms. The summed E-state index contributed by atoms with van der Waals surface area (Å²) in [6.07, 6.45) is 2.30. The summed E-state index contributed by atoms with van der Waals surface area (Å²) >= 11 is 12.7. The number of nitrogens with one attached hydrogen (secondary N) is 1. The number of fused-ring (bicyclic) bond motifs is 1. The Balaban J connectivity index is 1.91. The highest BCUT2D eigenvalue weighted by Gasteiger charge is 2.22. The molecule has 2 aromatic heterocycles. The van der Waals surface area contributed by atoms with Crippen molar-refractivity contribution in [2.45, 2.75) is 25.9 Å². The molecule has 27 heavy (non-hydrogen) atoms. The molecule has 0 amide bonds. The van der Waals surface area contributed by atoms with Crippen molar-refractivity contribution in [3.63, 3.8) is 0 Å². The van der Waals surface area contributed by atoms with E-state index in [0.717, 1.165) is 37.3 Å². The molecular formula is C18H19Cl2N5O2. The van der Waals surface area contributed by atoms with Crippen LogP contribution in [0.25, 0.3) is 11.2 Å². The van der Waals surface area contributed by atoms with Gasteiger partial charge in [-0.25, -0.2) is 9.78 Å². The number of hydrogen-bond donors (Lipinski definition) is 1. The summed E-state index contributed by atoms with van der Waals surface area (Å²) in [7, 11) is 1.60. The van der Waals surface area contributed by atoms with Gasteiger partial charge in [0.2, 0.25) is 0 Å². The van der Waals surface area contributed by atoms with Gasteiger partial charge in [0, 0.05) is 22.7 Å². The Morgan fingerprint density at radius 1 is 1.11 bits per heavy atom. The van der Waals surface area contributed by atoms with Gasteiger partial charge in [-0.2, -0.15) is 0 Å². The van der Waals surface area contributed by atoms with Gasteiger partial charge in [-0.1, -0.05) is 29.3 Å². The maximum Gasteiger partial charge on any atom is 0.329 e. The highest BCUT2D eigenvalue weighted by Crippen LogP contribution is 2.27. The van der Waals surface area contributed by atoms with E-state index < -0.39 is 11.2 Å². The van der Waals surface area contributed by atoms with Crippen LogP contribution < -0.4 is 11.2 Å². The summed E-state index contributed by atoms with van der Waals surface area (Å²) in [5.41, 5.74) is 0.483. The molecule has 1 aliphatic rings. The third-order valence-corrected chi connectivity index (χ3v) is 5.74. The van der Waals surface area contributed by atoms with E-state index in [0.29, 0.717) is 34.3 Å². The number of benzene rings is 1. The van der Waals surface area contributed by atoms with Gasteiger partial charge >= 0.3 is 5.69 Å². The molecule has 4 rings (SSSR count). The van der Waals surface area contributed by atoms with Crippen molar-refractivity contribution >= 4 is 34.4 Å². The van der Waals surface area contributed by atoms with Crippen LogP contribution in [0.4, 0.5) is 0 Å². The lowest BCUT2D eigenvalue weighted by atomic mass is 10.2. The molecule has 0 unspecified atom stereocenters. The van der Waals surface area contributed by atoms with Crippen LogP contribution in [-0.4, -0.2) is 37.1 Å². The van der Waals surface area contributed by atoms with Gasteiger partial charge in [0.05, 0.1) is 13.1 Å². The number of likely N-dealkylation sites (tertiary alicyclic amines) is 1. The van der Waals surface area contributed by atoms with Crippen molar-refractivity contribution in [3.05, 3.63) is 60.5 Å². The van der Waals surface area contributed by atoms with E-state index in [1.165, 1.54) is 4.57 Å². The summed E-state index contributed by atoms with van der Waals surface area (Å²) < 4.78 is 3.17. The molecule has 0 radical (unpaired) electrons. The molecule has 0 aliphatic carbocycles. The Bertz CT molecular complexity index is 1100. The molecule has 0 bridgehead atoms. The summed E-state index contributed by atoms with van der Waals surface area (Å²) in [5, 5.41) is 1.05. The fourth-order valence-electron chi connectivity index (χ4n) is 3.55. The number of halogens is 2. The standard InChI is InChI=1S/C18H19Cl2N5O2/c1-23-16-15(17(26)22-18(23)27)25(9-11-12(19)5-4-6-13(11)20)14(21-16)10-24-7-2-3-8-24/h4-6H,2-3,7-10H2,1H3,(H,22,26,27). The molecule has 0 saturated carbocycles. The second kappa shape index (κ2) is 7.14. The second-order valence-corrected chi connectivity index (χ2v) is 7.60. The van der Waals surface area contributed by atoms with E-state index in [2.05, 4.69) is 14.9 Å². The van der Waals surface area contributed by atoms with Crippen LogP contribution >= 0.6 is 23.2 Å². The molecule has 1 aromatic carbocycles. The fourth-order valence-corrected chi connectivity index (χ4v) is 4.07. The van der Waals surface area contributed by atoms with Crippen molar-refractivity contribution in [1.29, 1.82) is 0 Å². The molecule has 1 aliphatic heterocycles. The highest BCUT2D eigenvalue weighted by molar-refractivity contribution is 6.36. The molecule has 0 atom stereocenters. The average molecular weight is 408 g/mol. The van der Waals surface area contributed by atoms with Crippen molar-refractivity contribution in [2.75, 3.05) is 13.1 Å². The van der Waals surface area contributed by atoms with Gasteiger partial charge < -0.3 is 4.57 Å². The molecule has 1 N–H and O–H groups in total. The van der Waals surface area contributed by atoms with Crippen molar-refractivity contribution in [1.82, 2.24) is 24.0 Å². The topological polar surface area (TPSA) is 75.9 Å². The van der Waals surface area contributed by atoms with E-state index in [9.17, 15) is 9.59 Å². The Morgan fingerprint density at radius 3 is 2.44 bits per heavy atom. The fraction of sp³-hybridized carbons (Fsp3) is 0.389. The van der Waals surface area contributed by atoms with E-state index in [4.69, 9.17) is 23.2 Å². The summed E-state index contributed by atoms with van der Waals surface area (Å²) in [6.45, 7) is 2.89. The predicted octanol–water partition coefficient (Wildman–Crippen LogP) is 2.37. The normalized spacial score (nSPS) is 15.1. The molecule has 3 heterocycles. The maximum absolute atomic E-state index is 12.6. The summed E-state index contributed by atoms with van der Waals surface area (Å²) in [4.78, 5) is 33.8. The van der Waals surface area contributed by atoms with Crippen LogP contribution in [0.3, 0.4) is 0 Å². The minimum Gasteiger partial charge on any atom is -0.316 e. The van der Waals surface area contributed by atoms with Gasteiger partial charge in [0.25, 0.3) is 5.56 Å². The number of aromatic amines is 1. The quantitative estimate of drug-likeness (QED) is 0.719. The van der Waals surface area contributed by atoms with Crippen LogP contribution in [-0.2, 0) is 20.1 Å². The molecule has 3 aromatic rings. The van der Waals surface area contributed by atoms with E-state index in [-0.39, 0.29) is 0 Å². The Labute approximate surface area is 165 Å². The zero-order valence-electron chi connectivity index (χ0n) is 14.8. The van der Waals surface area contributed by atoms with E-state index in [1.807, 2.05) is 4.57 Å². The third kappa shape index (κ3) is 3.31. The first-order valence-electron chi connectivity index (χ1n) is 8.79. The molecule has 7 nitrogen and oxygen atoms in total.